The predicted molar refractivity (Wildman–Crippen MR) is 71.4 cm³/mol. The maximum Gasteiger partial charge on any atom is 0.141 e. The van der Waals surface area contributed by atoms with Crippen molar-refractivity contribution in [1.82, 2.24) is 15.4 Å². The van der Waals surface area contributed by atoms with Crippen molar-refractivity contribution in [3.63, 3.8) is 0 Å². The number of H-pyrrole nitrogens is 1. The highest BCUT2D eigenvalue weighted by atomic mass is 35.5. The fraction of sp³-hybridized carbons (Fsp3) is 0.333. The van der Waals surface area contributed by atoms with Crippen molar-refractivity contribution < 1.29 is 4.74 Å². The highest BCUT2D eigenvalue weighted by Crippen LogP contribution is 2.33. The van der Waals surface area contributed by atoms with Crippen molar-refractivity contribution in [3.8, 4) is 5.75 Å². The van der Waals surface area contributed by atoms with Gasteiger partial charge in [-0.1, -0.05) is 23.2 Å². The number of halogens is 2. The predicted octanol–water partition coefficient (Wildman–Crippen LogP) is 3.30. The van der Waals surface area contributed by atoms with Gasteiger partial charge in [0.05, 0.1) is 23.5 Å². The first kappa shape index (κ1) is 13.2. The molecule has 0 spiro atoms. The Labute approximate surface area is 115 Å². The van der Waals surface area contributed by atoms with Gasteiger partial charge in [-0.05, 0) is 37.5 Å². The molecule has 0 bridgehead atoms. The molecule has 0 atom stereocenters. The van der Waals surface area contributed by atoms with Crippen molar-refractivity contribution in [2.24, 2.45) is 0 Å². The molecule has 0 saturated heterocycles. The number of aryl methyl sites for hydroxylation is 2. The maximum atomic E-state index is 6.13. The second kappa shape index (κ2) is 6.07. The van der Waals surface area contributed by atoms with Crippen LogP contribution in [0.2, 0.25) is 10.0 Å². The van der Waals surface area contributed by atoms with E-state index < -0.39 is 0 Å². The van der Waals surface area contributed by atoms with Gasteiger partial charge in [-0.3, -0.25) is 0 Å². The molecule has 18 heavy (non-hydrogen) atoms. The van der Waals surface area contributed by atoms with Crippen LogP contribution in [0.5, 0.6) is 5.75 Å². The van der Waals surface area contributed by atoms with Gasteiger partial charge < -0.3 is 4.74 Å². The molecule has 0 aliphatic carbocycles. The molecule has 2 aromatic rings. The van der Waals surface area contributed by atoms with Crippen LogP contribution in [0.1, 0.15) is 18.2 Å². The number of aromatic nitrogens is 3. The molecule has 1 aromatic heterocycles. The molecular weight excluding hydrogens is 273 g/mol. The molecule has 0 aliphatic heterocycles. The van der Waals surface area contributed by atoms with E-state index in [2.05, 4.69) is 15.4 Å². The minimum Gasteiger partial charge on any atom is -0.492 e. The summed E-state index contributed by atoms with van der Waals surface area (Å²) in [5.74, 6) is 0.701. The normalized spacial score (nSPS) is 10.6. The van der Waals surface area contributed by atoms with Crippen molar-refractivity contribution in [2.75, 3.05) is 6.61 Å². The van der Waals surface area contributed by atoms with Gasteiger partial charge in [-0.15, -0.1) is 0 Å². The Morgan fingerprint density at radius 3 is 2.78 bits per heavy atom. The first-order valence-corrected chi connectivity index (χ1v) is 6.41. The number of nitrogens with zero attached hydrogens (tertiary/aromatic N) is 2. The fourth-order valence-corrected chi connectivity index (χ4v) is 2.30. The molecule has 6 heteroatoms. The lowest BCUT2D eigenvalue weighted by molar-refractivity contribution is 0.336. The topological polar surface area (TPSA) is 50.8 Å². The van der Waals surface area contributed by atoms with Gasteiger partial charge >= 0.3 is 0 Å². The van der Waals surface area contributed by atoms with Gasteiger partial charge in [0.15, 0.2) is 0 Å². The molecule has 1 heterocycles. The molecular formula is C12H13Cl2N3O. The summed E-state index contributed by atoms with van der Waals surface area (Å²) in [7, 11) is 0. The summed E-state index contributed by atoms with van der Waals surface area (Å²) >= 11 is 12.1. The largest absolute Gasteiger partial charge is 0.492 e. The minimum absolute atomic E-state index is 0.541. The summed E-state index contributed by atoms with van der Waals surface area (Å²) in [6.07, 6.45) is 3.21. The van der Waals surface area contributed by atoms with Crippen LogP contribution in [0.3, 0.4) is 0 Å². The van der Waals surface area contributed by atoms with Gasteiger partial charge in [0.2, 0.25) is 0 Å². The Morgan fingerprint density at radius 2 is 2.11 bits per heavy atom. The number of aromatic amines is 1. The van der Waals surface area contributed by atoms with E-state index in [0.717, 1.165) is 24.1 Å². The van der Waals surface area contributed by atoms with E-state index in [1.165, 1.54) is 0 Å². The Kier molecular flexibility index (Phi) is 4.44. The average Bonchev–Trinajstić information content (AvgIpc) is 2.83. The van der Waals surface area contributed by atoms with Gasteiger partial charge in [-0.25, -0.2) is 0 Å². The molecule has 1 N–H and O–H groups in total. The van der Waals surface area contributed by atoms with E-state index in [-0.39, 0.29) is 0 Å². The summed E-state index contributed by atoms with van der Waals surface area (Å²) in [6, 6.07) is 3.56. The number of hydrogen-bond donors (Lipinski definition) is 1. The summed E-state index contributed by atoms with van der Waals surface area (Å²) in [4.78, 5) is 0. The SMILES string of the molecule is CCOc1c(Cl)cc(Cl)cc1CCc1cn[nH]n1. The number of benzene rings is 1. The van der Waals surface area contributed by atoms with Crippen LogP contribution in [0.25, 0.3) is 0 Å². The second-order valence-corrected chi connectivity index (χ2v) is 4.61. The Bertz CT molecular complexity index is 514. The first-order chi connectivity index (χ1) is 8.70. The molecule has 2 rings (SSSR count). The monoisotopic (exact) mass is 285 g/mol. The summed E-state index contributed by atoms with van der Waals surface area (Å²) < 4.78 is 5.56. The highest BCUT2D eigenvalue weighted by Gasteiger charge is 2.11. The zero-order valence-corrected chi connectivity index (χ0v) is 11.4. The van der Waals surface area contributed by atoms with E-state index in [0.29, 0.717) is 22.4 Å². The van der Waals surface area contributed by atoms with Crippen LogP contribution < -0.4 is 4.74 Å². The van der Waals surface area contributed by atoms with Gasteiger partial charge in [0.25, 0.3) is 0 Å². The van der Waals surface area contributed by atoms with Crippen LogP contribution in [0, 0.1) is 0 Å². The lowest BCUT2D eigenvalue weighted by Gasteiger charge is -2.12. The lowest BCUT2D eigenvalue weighted by atomic mass is 10.1. The third-order valence-corrected chi connectivity index (χ3v) is 2.99. The number of hydrogen-bond acceptors (Lipinski definition) is 3. The van der Waals surface area contributed by atoms with Crippen LogP contribution in [0.4, 0.5) is 0 Å². The van der Waals surface area contributed by atoms with Crippen LogP contribution >= 0.6 is 23.2 Å². The number of nitrogens with one attached hydrogen (secondary N) is 1. The van der Waals surface area contributed by atoms with Crippen LogP contribution in [-0.2, 0) is 12.8 Å². The van der Waals surface area contributed by atoms with E-state index in [1.54, 1.807) is 12.3 Å². The molecule has 0 amide bonds. The molecule has 0 aliphatic rings. The lowest BCUT2D eigenvalue weighted by Crippen LogP contribution is -2.00. The Morgan fingerprint density at radius 1 is 1.28 bits per heavy atom. The molecule has 96 valence electrons. The quantitative estimate of drug-likeness (QED) is 0.917. The molecule has 0 saturated carbocycles. The smallest absolute Gasteiger partial charge is 0.141 e. The second-order valence-electron chi connectivity index (χ2n) is 3.77. The number of ether oxygens (including phenoxy) is 1. The molecule has 0 unspecified atom stereocenters. The molecule has 0 fully saturated rings. The Balaban J connectivity index is 2.19. The average molecular weight is 286 g/mol. The fourth-order valence-electron chi connectivity index (χ4n) is 1.71. The highest BCUT2D eigenvalue weighted by molar-refractivity contribution is 6.35. The molecule has 4 nitrogen and oxygen atoms in total. The third kappa shape index (κ3) is 3.15. The summed E-state index contributed by atoms with van der Waals surface area (Å²) in [6.45, 7) is 2.49. The standard InChI is InChI=1S/C12H13Cl2N3O/c1-2-18-12-8(5-9(13)6-11(12)14)3-4-10-7-15-17-16-10/h5-7H,2-4H2,1H3,(H,15,16,17). The van der Waals surface area contributed by atoms with Crippen LogP contribution in [0.15, 0.2) is 18.3 Å². The van der Waals surface area contributed by atoms with Crippen molar-refractivity contribution in [1.29, 1.82) is 0 Å². The van der Waals surface area contributed by atoms with Gasteiger partial charge in [0, 0.05) is 5.02 Å². The van der Waals surface area contributed by atoms with Crippen molar-refractivity contribution >= 4 is 23.2 Å². The summed E-state index contributed by atoms with van der Waals surface area (Å²) in [5.41, 5.74) is 1.88. The zero-order chi connectivity index (χ0) is 13.0. The summed E-state index contributed by atoms with van der Waals surface area (Å²) in [5, 5.41) is 11.5. The minimum atomic E-state index is 0.541. The van der Waals surface area contributed by atoms with E-state index in [1.807, 2.05) is 13.0 Å². The number of rotatable bonds is 5. The van der Waals surface area contributed by atoms with E-state index in [9.17, 15) is 0 Å². The zero-order valence-electron chi connectivity index (χ0n) is 9.91. The first-order valence-electron chi connectivity index (χ1n) is 5.66. The molecule has 1 aromatic carbocycles. The van der Waals surface area contributed by atoms with E-state index >= 15 is 0 Å². The van der Waals surface area contributed by atoms with Crippen molar-refractivity contribution in [2.45, 2.75) is 19.8 Å². The van der Waals surface area contributed by atoms with Crippen molar-refractivity contribution in [3.05, 3.63) is 39.6 Å². The maximum absolute atomic E-state index is 6.13. The van der Waals surface area contributed by atoms with Gasteiger partial charge in [-0.2, -0.15) is 15.4 Å². The Hall–Kier alpha value is -1.26. The molecule has 0 radical (unpaired) electrons. The van der Waals surface area contributed by atoms with Crippen LogP contribution in [-0.4, -0.2) is 22.0 Å². The third-order valence-electron chi connectivity index (χ3n) is 2.49. The van der Waals surface area contributed by atoms with Gasteiger partial charge in [0.1, 0.15) is 5.75 Å². The van der Waals surface area contributed by atoms with E-state index in [4.69, 9.17) is 27.9 Å².